The van der Waals surface area contributed by atoms with Crippen molar-refractivity contribution in [3.63, 3.8) is 0 Å². The second-order valence-corrected chi connectivity index (χ2v) is 2.25. The Kier molecular flexibility index (Phi) is 9.54. The molecule has 13 heavy (non-hydrogen) atoms. The zero-order valence-corrected chi connectivity index (χ0v) is 10.5. The number of benzene rings is 1. The van der Waals surface area contributed by atoms with Gasteiger partial charge in [-0.05, 0) is 12.1 Å². The molecule has 1 nitrogen and oxygen atoms in total. The van der Waals surface area contributed by atoms with Gasteiger partial charge in [0.1, 0.15) is 12.4 Å². The second-order valence-electron chi connectivity index (χ2n) is 2.25. The molecule has 0 bridgehead atoms. The van der Waals surface area contributed by atoms with Gasteiger partial charge < -0.3 is 4.74 Å². The van der Waals surface area contributed by atoms with Crippen molar-refractivity contribution in [3.05, 3.63) is 35.9 Å². The fourth-order valence-corrected chi connectivity index (χ4v) is 1.06. The third-order valence-electron chi connectivity index (χ3n) is 1.55. The van der Waals surface area contributed by atoms with E-state index in [9.17, 15) is 0 Å². The van der Waals surface area contributed by atoms with Gasteiger partial charge in [0, 0.05) is 42.1 Å². The van der Waals surface area contributed by atoms with E-state index in [0.29, 0.717) is 6.61 Å². The van der Waals surface area contributed by atoms with Gasteiger partial charge in [-0.25, -0.2) is 0 Å². The van der Waals surface area contributed by atoms with Crippen LogP contribution in [0.1, 0.15) is 5.56 Å². The van der Waals surface area contributed by atoms with Gasteiger partial charge in [-0.15, -0.1) is 0 Å². The van der Waals surface area contributed by atoms with Gasteiger partial charge in [-0.2, -0.15) is 0 Å². The average molecular weight is 291 g/mol. The van der Waals surface area contributed by atoms with Crippen LogP contribution in [0.25, 0.3) is 6.08 Å². The van der Waals surface area contributed by atoms with Crippen LogP contribution in [0.15, 0.2) is 30.3 Å². The second kappa shape index (κ2) is 7.80. The Balaban J connectivity index is 0. The Morgan fingerprint density at radius 1 is 1.15 bits per heavy atom. The molecular formula is C9H11AlCuOZn. The summed E-state index contributed by atoms with van der Waals surface area (Å²) < 4.78 is 5.34. The first-order chi connectivity index (χ1) is 4.97. The summed E-state index contributed by atoms with van der Waals surface area (Å²) in [6.45, 7) is 0.705. The molecule has 1 heterocycles. The smallest absolute Gasteiger partial charge is 0.187 e. The van der Waals surface area contributed by atoms with Crippen molar-refractivity contribution >= 4 is 23.4 Å². The number of fused-ring (bicyclic) bond motifs is 1. The number of rotatable bonds is 0. The summed E-state index contributed by atoms with van der Waals surface area (Å²) in [7, 11) is 0. The van der Waals surface area contributed by atoms with Crippen LogP contribution in [0.2, 0.25) is 0 Å². The first-order valence-electron chi connectivity index (χ1n) is 3.35. The Bertz CT molecular complexity index is 278. The van der Waals surface area contributed by atoms with Crippen molar-refractivity contribution < 1.29 is 41.3 Å². The van der Waals surface area contributed by atoms with Crippen molar-refractivity contribution in [2.45, 2.75) is 0 Å². The molecule has 1 aliphatic rings. The van der Waals surface area contributed by atoms with Gasteiger partial charge in [0.25, 0.3) is 0 Å². The van der Waals surface area contributed by atoms with Gasteiger partial charge >= 0.3 is 0 Å². The summed E-state index contributed by atoms with van der Waals surface area (Å²) in [6.07, 6.45) is 4.10. The van der Waals surface area contributed by atoms with E-state index in [1.807, 2.05) is 30.3 Å². The average Bonchev–Trinajstić information content (AvgIpc) is 2.05. The van der Waals surface area contributed by atoms with Crippen molar-refractivity contribution in [3.8, 4) is 5.75 Å². The van der Waals surface area contributed by atoms with Gasteiger partial charge in [-0.1, -0.05) is 24.3 Å². The molecular weight excluding hydrogens is 280 g/mol. The molecule has 1 aromatic rings. The van der Waals surface area contributed by atoms with E-state index in [4.69, 9.17) is 4.74 Å². The number of para-hydroxylation sites is 1. The van der Waals surface area contributed by atoms with Crippen LogP contribution in [-0.4, -0.2) is 24.0 Å². The van der Waals surface area contributed by atoms with Gasteiger partial charge in [0.05, 0.1) is 0 Å². The Morgan fingerprint density at radius 2 is 1.85 bits per heavy atom. The number of hydrogen-bond donors (Lipinski definition) is 0. The van der Waals surface area contributed by atoms with Crippen LogP contribution in [0.3, 0.4) is 0 Å². The monoisotopic (exact) mass is 289 g/mol. The van der Waals surface area contributed by atoms with E-state index in [1.165, 1.54) is 5.56 Å². The van der Waals surface area contributed by atoms with Crippen LogP contribution < -0.4 is 4.74 Å². The molecule has 0 aliphatic carbocycles. The van der Waals surface area contributed by atoms with Crippen molar-refractivity contribution in [2.24, 2.45) is 0 Å². The maximum Gasteiger partial charge on any atom is 0.187 e. The molecule has 0 spiro atoms. The molecule has 1 radical (unpaired) electrons. The molecule has 2 rings (SSSR count). The molecule has 0 N–H and O–H groups in total. The SMILES string of the molecule is C1=Cc2ccccc2OC1.[AlH3].[Cu].[Zn]. The largest absolute Gasteiger partial charge is 0.489 e. The minimum atomic E-state index is 0. The molecule has 0 fully saturated rings. The van der Waals surface area contributed by atoms with Crippen molar-refractivity contribution in [1.29, 1.82) is 0 Å². The van der Waals surface area contributed by atoms with E-state index < -0.39 is 0 Å². The quantitative estimate of drug-likeness (QED) is 0.646. The zero-order chi connectivity index (χ0) is 6.81. The van der Waals surface area contributed by atoms with Crippen LogP contribution in [-0.2, 0) is 36.5 Å². The summed E-state index contributed by atoms with van der Waals surface area (Å²) >= 11 is 0. The van der Waals surface area contributed by atoms with Crippen molar-refractivity contribution in [1.82, 2.24) is 0 Å². The van der Waals surface area contributed by atoms with Crippen LogP contribution in [0, 0.1) is 0 Å². The molecule has 0 saturated carbocycles. The van der Waals surface area contributed by atoms with E-state index in [0.717, 1.165) is 5.75 Å². The third kappa shape index (κ3) is 3.98. The standard InChI is InChI=1S/C9H8O.Al.Cu.Zn.3H/c1-2-6-9-8(4-1)5-3-7-10-9;;;;;;/h1-6H,7H2;;;;;;. The molecule has 0 amide bonds. The third-order valence-corrected chi connectivity index (χ3v) is 1.55. The molecule has 0 atom stereocenters. The van der Waals surface area contributed by atoms with Gasteiger partial charge in [0.2, 0.25) is 0 Å². The summed E-state index contributed by atoms with van der Waals surface area (Å²) in [6, 6.07) is 8.03. The van der Waals surface area contributed by atoms with Crippen LogP contribution >= 0.6 is 0 Å². The predicted octanol–water partition coefficient (Wildman–Crippen LogP) is 0.903. The summed E-state index contributed by atoms with van der Waals surface area (Å²) in [5, 5.41) is 0. The normalized spacial score (nSPS) is 10.8. The Morgan fingerprint density at radius 3 is 2.54 bits per heavy atom. The molecule has 0 saturated heterocycles. The topological polar surface area (TPSA) is 9.23 Å². The summed E-state index contributed by atoms with van der Waals surface area (Å²) in [5.41, 5.74) is 1.17. The van der Waals surface area contributed by atoms with Crippen LogP contribution in [0.4, 0.5) is 0 Å². The molecule has 69 valence electrons. The van der Waals surface area contributed by atoms with E-state index in [2.05, 4.69) is 6.08 Å². The molecule has 1 aromatic carbocycles. The Hall–Kier alpha value is 0.435. The summed E-state index contributed by atoms with van der Waals surface area (Å²) in [4.78, 5) is 0. The molecule has 1 aliphatic heterocycles. The van der Waals surface area contributed by atoms with Gasteiger partial charge in [0.15, 0.2) is 17.4 Å². The van der Waals surface area contributed by atoms with E-state index >= 15 is 0 Å². The minimum absolute atomic E-state index is 0. The molecule has 0 aromatic heterocycles. The minimum Gasteiger partial charge on any atom is -0.489 e. The predicted molar refractivity (Wildman–Crippen MR) is 50.9 cm³/mol. The fraction of sp³-hybridized carbons (Fsp3) is 0.111. The van der Waals surface area contributed by atoms with Gasteiger partial charge in [-0.3, -0.25) is 0 Å². The zero-order valence-electron chi connectivity index (χ0n) is 6.59. The summed E-state index contributed by atoms with van der Waals surface area (Å²) in [5.74, 6) is 0.991. The van der Waals surface area contributed by atoms with E-state index in [-0.39, 0.29) is 53.9 Å². The van der Waals surface area contributed by atoms with Crippen LogP contribution in [0.5, 0.6) is 5.75 Å². The maximum atomic E-state index is 5.34. The number of hydrogen-bond acceptors (Lipinski definition) is 1. The molecule has 4 heteroatoms. The first kappa shape index (κ1) is 15.9. The maximum absolute atomic E-state index is 5.34. The molecule has 0 unspecified atom stereocenters. The van der Waals surface area contributed by atoms with Crippen molar-refractivity contribution in [2.75, 3.05) is 6.61 Å². The van der Waals surface area contributed by atoms with E-state index in [1.54, 1.807) is 0 Å². The number of ether oxygens (including phenoxy) is 1. The fourth-order valence-electron chi connectivity index (χ4n) is 1.06. The first-order valence-corrected chi connectivity index (χ1v) is 3.35. The Labute approximate surface area is 112 Å².